The van der Waals surface area contributed by atoms with Gasteiger partial charge in [-0.05, 0) is 56.0 Å². The van der Waals surface area contributed by atoms with Crippen molar-refractivity contribution in [1.29, 1.82) is 0 Å². The summed E-state index contributed by atoms with van der Waals surface area (Å²) in [6.45, 7) is 5.16. The second-order valence-electron chi connectivity index (χ2n) is 8.22. The Hall–Kier alpha value is -2.30. The first-order chi connectivity index (χ1) is 13.7. The van der Waals surface area contributed by atoms with Crippen LogP contribution in [0.3, 0.4) is 0 Å². The van der Waals surface area contributed by atoms with Crippen LogP contribution >= 0.6 is 0 Å². The number of para-hydroxylation sites is 1. The van der Waals surface area contributed by atoms with Gasteiger partial charge < -0.3 is 14.4 Å². The van der Waals surface area contributed by atoms with Crippen LogP contribution in [0.2, 0.25) is 0 Å². The van der Waals surface area contributed by atoms with E-state index in [1.165, 1.54) is 47.0 Å². The van der Waals surface area contributed by atoms with Crippen molar-refractivity contribution in [2.45, 2.75) is 44.9 Å². The van der Waals surface area contributed by atoms with Gasteiger partial charge in [-0.2, -0.15) is 0 Å². The molecular formula is C24H28N2O2. The maximum absolute atomic E-state index is 10.6. The number of aliphatic hydroxyl groups excluding tert-OH is 1. The summed E-state index contributed by atoms with van der Waals surface area (Å²) < 4.78 is 8.30. The van der Waals surface area contributed by atoms with Crippen LogP contribution in [0, 0.1) is 6.92 Å². The van der Waals surface area contributed by atoms with Crippen molar-refractivity contribution >= 4 is 10.9 Å². The monoisotopic (exact) mass is 376 g/mol. The summed E-state index contributed by atoms with van der Waals surface area (Å²) in [4.78, 5) is 2.47. The maximum Gasteiger partial charge on any atom is 0.119 e. The van der Waals surface area contributed by atoms with Gasteiger partial charge in [0, 0.05) is 36.2 Å². The predicted octanol–water partition coefficient (Wildman–Crippen LogP) is 4.08. The zero-order valence-electron chi connectivity index (χ0n) is 16.5. The highest BCUT2D eigenvalue weighted by atomic mass is 16.5. The number of β-amino-alcohol motifs (C(OH)–C–C–N with tert-alkyl or cyclic N) is 1. The van der Waals surface area contributed by atoms with Crippen molar-refractivity contribution in [2.24, 2.45) is 0 Å². The standard InChI is InChI=1S/C24H28N2O2/c1-17-10-11-22-21(14-17)20-8-5-9-23-24(20)26(22)13-12-25(23)15-18(27)16-28-19-6-3-2-4-7-19/h2-4,6-7,10-11,14,18,23,27H,5,8-9,12-13,15-16H2,1H3. The first-order valence-electron chi connectivity index (χ1n) is 10.4. The van der Waals surface area contributed by atoms with E-state index < -0.39 is 6.10 Å². The minimum atomic E-state index is -0.483. The van der Waals surface area contributed by atoms with Gasteiger partial charge in [-0.3, -0.25) is 4.90 Å². The third-order valence-electron chi connectivity index (χ3n) is 6.27. The summed E-state index contributed by atoms with van der Waals surface area (Å²) in [5.74, 6) is 0.815. The second-order valence-corrected chi connectivity index (χ2v) is 8.22. The van der Waals surface area contributed by atoms with Gasteiger partial charge in [0.2, 0.25) is 0 Å². The Bertz CT molecular complexity index is 979. The number of nitrogens with zero attached hydrogens (tertiary/aromatic N) is 2. The van der Waals surface area contributed by atoms with Gasteiger partial charge in [0.05, 0.1) is 6.04 Å². The lowest BCUT2D eigenvalue weighted by atomic mass is 9.89. The molecule has 1 N–H and O–H groups in total. The number of ether oxygens (including phenoxy) is 1. The molecule has 2 aromatic carbocycles. The Labute approximate surface area is 166 Å². The molecule has 2 heterocycles. The van der Waals surface area contributed by atoms with Crippen LogP contribution in [0.15, 0.2) is 48.5 Å². The number of aliphatic hydroxyl groups is 1. The number of hydrogen-bond acceptors (Lipinski definition) is 3. The number of fused-ring (bicyclic) bond motifs is 3. The van der Waals surface area contributed by atoms with Crippen LogP contribution in [-0.4, -0.2) is 40.4 Å². The van der Waals surface area contributed by atoms with E-state index in [2.05, 4.69) is 34.6 Å². The van der Waals surface area contributed by atoms with Crippen molar-refractivity contribution in [3.8, 4) is 5.75 Å². The normalized spacial score (nSPS) is 20.1. The molecule has 0 spiro atoms. The second kappa shape index (κ2) is 7.26. The molecule has 3 aromatic rings. The molecule has 146 valence electrons. The van der Waals surface area contributed by atoms with Gasteiger partial charge >= 0.3 is 0 Å². The molecule has 2 aliphatic rings. The Kier molecular flexibility index (Phi) is 4.61. The van der Waals surface area contributed by atoms with E-state index in [0.29, 0.717) is 19.2 Å². The smallest absolute Gasteiger partial charge is 0.119 e. The number of aryl methyl sites for hydroxylation is 2. The van der Waals surface area contributed by atoms with Crippen LogP contribution < -0.4 is 4.74 Å². The summed E-state index contributed by atoms with van der Waals surface area (Å²) in [6, 6.07) is 17.0. The average molecular weight is 377 g/mol. The fourth-order valence-electron chi connectivity index (χ4n) is 5.04. The van der Waals surface area contributed by atoms with Gasteiger partial charge in [-0.25, -0.2) is 0 Å². The van der Waals surface area contributed by atoms with Crippen LogP contribution in [0.25, 0.3) is 10.9 Å². The maximum atomic E-state index is 10.6. The van der Waals surface area contributed by atoms with Gasteiger partial charge in [0.25, 0.3) is 0 Å². The molecule has 4 heteroatoms. The summed E-state index contributed by atoms with van der Waals surface area (Å²) in [7, 11) is 0. The summed E-state index contributed by atoms with van der Waals surface area (Å²) in [6.07, 6.45) is 3.09. The van der Waals surface area contributed by atoms with E-state index >= 15 is 0 Å². The highest BCUT2D eigenvalue weighted by Gasteiger charge is 2.35. The van der Waals surface area contributed by atoms with Crippen LogP contribution in [0.5, 0.6) is 5.75 Å². The fraction of sp³-hybridized carbons (Fsp3) is 0.417. The number of rotatable bonds is 5. The molecular weight excluding hydrogens is 348 g/mol. The van der Waals surface area contributed by atoms with Gasteiger partial charge in [-0.1, -0.05) is 29.8 Å². The van der Waals surface area contributed by atoms with Crippen molar-refractivity contribution in [3.05, 3.63) is 65.4 Å². The van der Waals surface area contributed by atoms with Crippen molar-refractivity contribution in [2.75, 3.05) is 19.7 Å². The number of aromatic nitrogens is 1. The molecule has 4 nitrogen and oxygen atoms in total. The quantitative estimate of drug-likeness (QED) is 0.729. The minimum absolute atomic E-state index is 0.336. The Morgan fingerprint density at radius 1 is 1.14 bits per heavy atom. The zero-order valence-corrected chi connectivity index (χ0v) is 16.5. The Balaban J connectivity index is 1.36. The van der Waals surface area contributed by atoms with E-state index in [1.54, 1.807) is 0 Å². The van der Waals surface area contributed by atoms with Crippen molar-refractivity contribution < 1.29 is 9.84 Å². The number of hydrogen-bond donors (Lipinski definition) is 1. The van der Waals surface area contributed by atoms with Gasteiger partial charge in [0.15, 0.2) is 0 Å². The Morgan fingerprint density at radius 2 is 2.00 bits per heavy atom. The molecule has 28 heavy (non-hydrogen) atoms. The highest BCUT2D eigenvalue weighted by Crippen LogP contribution is 2.42. The lowest BCUT2D eigenvalue weighted by molar-refractivity contribution is 0.0375. The SMILES string of the molecule is Cc1ccc2c(c1)c1c3n2CCN(CC(O)COc2ccccc2)C3CCC1. The molecule has 0 amide bonds. The minimum Gasteiger partial charge on any atom is -0.491 e. The Morgan fingerprint density at radius 3 is 2.86 bits per heavy atom. The molecule has 5 rings (SSSR count). The van der Waals surface area contributed by atoms with Crippen LogP contribution in [-0.2, 0) is 13.0 Å². The van der Waals surface area contributed by atoms with Gasteiger partial charge in [0.1, 0.15) is 18.5 Å². The third-order valence-corrected chi connectivity index (χ3v) is 6.27. The first kappa shape index (κ1) is 17.8. The molecule has 0 radical (unpaired) electrons. The van der Waals surface area contributed by atoms with Crippen LogP contribution in [0.1, 0.15) is 35.7 Å². The molecule has 1 aliphatic carbocycles. The summed E-state index contributed by atoms with van der Waals surface area (Å²) in [5.41, 5.74) is 5.75. The lowest BCUT2D eigenvalue weighted by Gasteiger charge is -2.40. The van der Waals surface area contributed by atoms with Crippen molar-refractivity contribution in [3.63, 3.8) is 0 Å². The fourth-order valence-corrected chi connectivity index (χ4v) is 5.04. The molecule has 0 fully saturated rings. The molecule has 0 bridgehead atoms. The van der Waals surface area contributed by atoms with Crippen molar-refractivity contribution in [1.82, 2.24) is 9.47 Å². The lowest BCUT2D eigenvalue weighted by Crippen LogP contribution is -2.44. The van der Waals surface area contributed by atoms with Crippen LogP contribution in [0.4, 0.5) is 0 Å². The average Bonchev–Trinajstić information content (AvgIpc) is 3.04. The van der Waals surface area contributed by atoms with E-state index in [4.69, 9.17) is 4.74 Å². The first-order valence-corrected chi connectivity index (χ1v) is 10.4. The topological polar surface area (TPSA) is 37.6 Å². The van der Waals surface area contributed by atoms with E-state index in [9.17, 15) is 5.11 Å². The molecule has 2 unspecified atom stereocenters. The summed E-state index contributed by atoms with van der Waals surface area (Å²) in [5, 5.41) is 12.1. The predicted molar refractivity (Wildman–Crippen MR) is 112 cm³/mol. The highest BCUT2D eigenvalue weighted by molar-refractivity contribution is 5.87. The van der Waals surface area contributed by atoms with E-state index in [1.807, 2.05) is 30.3 Å². The number of benzene rings is 2. The largest absolute Gasteiger partial charge is 0.491 e. The van der Waals surface area contributed by atoms with E-state index in [0.717, 1.165) is 18.8 Å². The third kappa shape index (κ3) is 3.11. The summed E-state index contributed by atoms with van der Waals surface area (Å²) >= 11 is 0. The molecule has 1 aliphatic heterocycles. The van der Waals surface area contributed by atoms with Gasteiger partial charge in [-0.15, -0.1) is 0 Å². The molecule has 0 saturated heterocycles. The zero-order chi connectivity index (χ0) is 19.1. The molecule has 1 aromatic heterocycles. The molecule has 2 atom stereocenters. The van der Waals surface area contributed by atoms with E-state index in [-0.39, 0.29) is 0 Å². The molecule has 0 saturated carbocycles.